The maximum atomic E-state index is 12.1. The molecule has 7 heteroatoms. The average Bonchev–Trinajstić information content (AvgIpc) is 2.90. The number of thiophene rings is 1. The number of nitro benzene ring substituents is 1. The molecule has 2 aromatic heterocycles. The minimum absolute atomic E-state index is 0.0395. The van der Waals surface area contributed by atoms with Gasteiger partial charge < -0.3 is 5.73 Å². The number of nitro groups is 1. The zero-order valence-corrected chi connectivity index (χ0v) is 13.4. The number of aromatic nitrogens is 1. The van der Waals surface area contributed by atoms with Crippen LogP contribution in [0.4, 0.5) is 11.4 Å². The largest absolute Gasteiger partial charge is 0.397 e. The van der Waals surface area contributed by atoms with Crippen molar-refractivity contribution in [2.24, 2.45) is 0 Å². The number of ketones is 1. The standard InChI is InChI=1S/C17H13N3O3S/c18-15-12-8-11-13(2-1-3-14(11)21)19-17(12)24-16(15)9-4-6-10(7-5-9)20(22)23/h4-8H,1-3,18H2. The van der Waals surface area contributed by atoms with Gasteiger partial charge in [-0.1, -0.05) is 0 Å². The number of carbonyl (C=O) groups is 1. The number of rotatable bonds is 2. The highest BCUT2D eigenvalue weighted by Crippen LogP contribution is 2.41. The van der Waals surface area contributed by atoms with Crippen LogP contribution in [0.3, 0.4) is 0 Å². The number of nitrogens with zero attached hydrogens (tertiary/aromatic N) is 2. The Morgan fingerprint density at radius 3 is 2.67 bits per heavy atom. The first kappa shape index (κ1) is 14.8. The Labute approximate surface area is 141 Å². The van der Waals surface area contributed by atoms with Crippen LogP contribution in [-0.4, -0.2) is 15.7 Å². The quantitative estimate of drug-likeness (QED) is 0.562. The molecule has 24 heavy (non-hydrogen) atoms. The van der Waals surface area contributed by atoms with Gasteiger partial charge in [-0.25, -0.2) is 4.98 Å². The molecule has 0 saturated carbocycles. The van der Waals surface area contributed by atoms with Gasteiger partial charge in [0.05, 0.1) is 21.2 Å². The van der Waals surface area contributed by atoms with E-state index in [1.54, 1.807) is 12.1 Å². The lowest BCUT2D eigenvalue weighted by Crippen LogP contribution is -2.12. The van der Waals surface area contributed by atoms with Gasteiger partial charge in [-0.15, -0.1) is 11.3 Å². The van der Waals surface area contributed by atoms with Crippen LogP contribution >= 0.6 is 11.3 Å². The zero-order valence-electron chi connectivity index (χ0n) is 12.6. The highest BCUT2D eigenvalue weighted by atomic mass is 32.1. The Morgan fingerprint density at radius 2 is 1.96 bits per heavy atom. The molecule has 120 valence electrons. The number of aryl methyl sites for hydroxylation is 1. The van der Waals surface area contributed by atoms with Gasteiger partial charge in [0, 0.05) is 29.5 Å². The molecule has 0 amide bonds. The smallest absolute Gasteiger partial charge is 0.269 e. The summed E-state index contributed by atoms with van der Waals surface area (Å²) < 4.78 is 0. The number of nitrogen functional groups attached to an aromatic ring is 1. The number of benzene rings is 1. The summed E-state index contributed by atoms with van der Waals surface area (Å²) in [6.45, 7) is 0. The van der Waals surface area contributed by atoms with Crippen LogP contribution in [0.25, 0.3) is 20.7 Å². The fourth-order valence-corrected chi connectivity index (χ4v) is 4.11. The molecule has 1 aliphatic rings. The van der Waals surface area contributed by atoms with E-state index in [2.05, 4.69) is 4.98 Å². The van der Waals surface area contributed by atoms with Crippen molar-refractivity contribution in [2.45, 2.75) is 19.3 Å². The minimum atomic E-state index is -0.431. The van der Waals surface area contributed by atoms with Crippen LogP contribution in [0.2, 0.25) is 0 Å². The van der Waals surface area contributed by atoms with Gasteiger partial charge >= 0.3 is 0 Å². The molecule has 4 rings (SSSR count). The molecule has 6 nitrogen and oxygen atoms in total. The van der Waals surface area contributed by atoms with Gasteiger partial charge in [-0.3, -0.25) is 14.9 Å². The first-order chi connectivity index (χ1) is 11.5. The summed E-state index contributed by atoms with van der Waals surface area (Å²) in [7, 11) is 0. The number of hydrogen-bond acceptors (Lipinski definition) is 6. The summed E-state index contributed by atoms with van der Waals surface area (Å²) in [5.41, 5.74) is 9.21. The molecule has 0 bridgehead atoms. The molecule has 0 saturated heterocycles. The van der Waals surface area contributed by atoms with Crippen LogP contribution < -0.4 is 5.73 Å². The lowest BCUT2D eigenvalue weighted by atomic mass is 9.94. The summed E-state index contributed by atoms with van der Waals surface area (Å²) in [6, 6.07) is 8.14. The second-order valence-corrected chi connectivity index (χ2v) is 6.76. The van der Waals surface area contributed by atoms with Crippen molar-refractivity contribution in [3.8, 4) is 10.4 Å². The Balaban J connectivity index is 1.86. The molecule has 0 radical (unpaired) electrons. The first-order valence-electron chi connectivity index (χ1n) is 7.54. The van der Waals surface area contributed by atoms with Crippen molar-refractivity contribution in [1.82, 2.24) is 4.98 Å². The van der Waals surface area contributed by atoms with E-state index in [0.29, 0.717) is 17.7 Å². The average molecular weight is 339 g/mol. The Bertz CT molecular complexity index is 992. The van der Waals surface area contributed by atoms with Crippen molar-refractivity contribution in [1.29, 1.82) is 0 Å². The molecule has 0 atom stereocenters. The van der Waals surface area contributed by atoms with E-state index in [9.17, 15) is 14.9 Å². The van der Waals surface area contributed by atoms with E-state index in [1.165, 1.54) is 23.5 Å². The second kappa shape index (κ2) is 5.38. The maximum absolute atomic E-state index is 12.1. The molecule has 2 N–H and O–H groups in total. The lowest BCUT2D eigenvalue weighted by Gasteiger charge is -2.13. The van der Waals surface area contributed by atoms with Crippen molar-refractivity contribution in [2.75, 3.05) is 5.73 Å². The third kappa shape index (κ3) is 2.25. The molecule has 2 heterocycles. The highest BCUT2D eigenvalue weighted by molar-refractivity contribution is 7.22. The first-order valence-corrected chi connectivity index (χ1v) is 8.36. The van der Waals surface area contributed by atoms with Crippen molar-refractivity contribution in [3.63, 3.8) is 0 Å². The molecule has 0 spiro atoms. The van der Waals surface area contributed by atoms with E-state index < -0.39 is 4.92 Å². The Hall–Kier alpha value is -2.80. The van der Waals surface area contributed by atoms with Gasteiger partial charge in [0.1, 0.15) is 4.83 Å². The molecular formula is C17H13N3O3S. The fraction of sp³-hybridized carbons (Fsp3) is 0.176. The summed E-state index contributed by atoms with van der Waals surface area (Å²) in [5.74, 6) is 0.119. The third-order valence-corrected chi connectivity index (χ3v) is 5.42. The van der Waals surface area contributed by atoms with Crippen molar-refractivity contribution < 1.29 is 9.72 Å². The van der Waals surface area contributed by atoms with E-state index in [1.807, 2.05) is 6.07 Å². The number of fused-ring (bicyclic) bond motifs is 2. The van der Waals surface area contributed by atoms with Crippen molar-refractivity contribution >= 4 is 38.7 Å². The van der Waals surface area contributed by atoms with Gasteiger partial charge in [0.25, 0.3) is 5.69 Å². The number of carbonyl (C=O) groups excluding carboxylic acids is 1. The number of pyridine rings is 1. The lowest BCUT2D eigenvalue weighted by molar-refractivity contribution is -0.384. The van der Waals surface area contributed by atoms with E-state index in [4.69, 9.17) is 5.73 Å². The van der Waals surface area contributed by atoms with Crippen LogP contribution in [0, 0.1) is 10.1 Å². The molecule has 1 aliphatic carbocycles. The van der Waals surface area contributed by atoms with Crippen LogP contribution in [-0.2, 0) is 6.42 Å². The van der Waals surface area contributed by atoms with Crippen LogP contribution in [0.15, 0.2) is 30.3 Å². The summed E-state index contributed by atoms with van der Waals surface area (Å²) in [5, 5.41) is 11.6. The summed E-state index contributed by atoms with van der Waals surface area (Å²) in [6.07, 6.45) is 2.20. The maximum Gasteiger partial charge on any atom is 0.269 e. The van der Waals surface area contributed by atoms with Gasteiger partial charge in [-0.2, -0.15) is 0 Å². The predicted octanol–water partition coefficient (Wildman–Crippen LogP) is 3.97. The normalized spacial score (nSPS) is 13.9. The number of hydrogen-bond donors (Lipinski definition) is 1. The summed E-state index contributed by atoms with van der Waals surface area (Å²) in [4.78, 5) is 28.7. The zero-order chi connectivity index (χ0) is 16.8. The monoisotopic (exact) mass is 339 g/mol. The van der Waals surface area contributed by atoms with E-state index in [-0.39, 0.29) is 11.5 Å². The van der Waals surface area contributed by atoms with Gasteiger partial charge in [0.15, 0.2) is 5.78 Å². The number of Topliss-reactive ketones (excluding diaryl/α,β-unsaturated/α-hetero) is 1. The molecule has 0 aliphatic heterocycles. The molecule has 3 aromatic rings. The topological polar surface area (TPSA) is 99.1 Å². The molecular weight excluding hydrogens is 326 g/mol. The Kier molecular flexibility index (Phi) is 3.31. The number of non-ortho nitro benzene ring substituents is 1. The number of nitrogens with two attached hydrogens (primary N) is 1. The second-order valence-electron chi connectivity index (χ2n) is 5.76. The fourth-order valence-electron chi connectivity index (χ4n) is 3.01. The molecule has 0 fully saturated rings. The van der Waals surface area contributed by atoms with Crippen molar-refractivity contribution in [3.05, 3.63) is 51.7 Å². The van der Waals surface area contributed by atoms with Crippen LogP contribution in [0.5, 0.6) is 0 Å². The van der Waals surface area contributed by atoms with Gasteiger partial charge in [0.2, 0.25) is 0 Å². The Morgan fingerprint density at radius 1 is 1.21 bits per heavy atom. The summed E-state index contributed by atoms with van der Waals surface area (Å²) >= 11 is 1.45. The van der Waals surface area contributed by atoms with Gasteiger partial charge in [-0.05, 0) is 36.6 Å². The molecule has 0 unspecified atom stereocenters. The number of anilines is 1. The predicted molar refractivity (Wildman–Crippen MR) is 93.4 cm³/mol. The third-order valence-electron chi connectivity index (χ3n) is 4.26. The molecule has 1 aromatic carbocycles. The minimum Gasteiger partial charge on any atom is -0.397 e. The van der Waals surface area contributed by atoms with E-state index >= 15 is 0 Å². The highest BCUT2D eigenvalue weighted by Gasteiger charge is 2.22. The SMILES string of the molecule is Nc1c(-c2ccc([N+](=O)[O-])cc2)sc2nc3c(cc12)C(=O)CCC3. The van der Waals surface area contributed by atoms with E-state index in [0.717, 1.165) is 39.2 Å². The van der Waals surface area contributed by atoms with Crippen LogP contribution in [0.1, 0.15) is 28.9 Å².